The third-order valence-corrected chi connectivity index (χ3v) is 4.88. The minimum Gasteiger partial charge on any atom is -0.504 e. The van der Waals surface area contributed by atoms with Crippen LogP contribution in [0.4, 0.5) is 5.69 Å². The zero-order chi connectivity index (χ0) is 19.7. The van der Waals surface area contributed by atoms with Gasteiger partial charge in [0, 0.05) is 29.9 Å². The van der Waals surface area contributed by atoms with Gasteiger partial charge in [-0.25, -0.2) is 0 Å². The highest BCUT2D eigenvalue weighted by Gasteiger charge is 2.34. The Morgan fingerprint density at radius 2 is 1.82 bits per heavy atom. The van der Waals surface area contributed by atoms with Crippen LogP contribution in [-0.2, 0) is 4.79 Å². The molecule has 1 aliphatic rings. The van der Waals surface area contributed by atoms with Gasteiger partial charge in [-0.2, -0.15) is 0 Å². The van der Waals surface area contributed by atoms with Gasteiger partial charge in [-0.15, -0.1) is 0 Å². The van der Waals surface area contributed by atoms with Gasteiger partial charge >= 0.3 is 0 Å². The van der Waals surface area contributed by atoms with Gasteiger partial charge in [0.2, 0.25) is 5.91 Å². The van der Waals surface area contributed by atoms with Crippen LogP contribution in [0.3, 0.4) is 0 Å². The second kappa shape index (κ2) is 7.19. The van der Waals surface area contributed by atoms with E-state index < -0.39 is 6.04 Å². The number of phenols is 2. The molecule has 7 heteroatoms. The summed E-state index contributed by atoms with van der Waals surface area (Å²) in [6, 6.07) is 12.9. The van der Waals surface area contributed by atoms with E-state index in [9.17, 15) is 19.8 Å². The summed E-state index contributed by atoms with van der Waals surface area (Å²) in [5, 5.41) is 22.7. The average molecular weight is 377 g/mol. The van der Waals surface area contributed by atoms with E-state index in [1.807, 2.05) is 18.2 Å². The van der Waals surface area contributed by atoms with Crippen molar-refractivity contribution in [1.82, 2.24) is 9.88 Å². The van der Waals surface area contributed by atoms with Crippen LogP contribution in [0.5, 0.6) is 11.5 Å². The van der Waals surface area contributed by atoms with Gasteiger partial charge in [-0.05, 0) is 37.1 Å². The van der Waals surface area contributed by atoms with Crippen molar-refractivity contribution in [2.24, 2.45) is 0 Å². The first kappa shape index (κ1) is 17.8. The number of pyridine rings is 1. The molecule has 2 heterocycles. The van der Waals surface area contributed by atoms with E-state index in [1.165, 1.54) is 18.3 Å². The molecule has 0 spiro atoms. The molecular weight excluding hydrogens is 358 g/mol. The van der Waals surface area contributed by atoms with Crippen molar-refractivity contribution >= 4 is 28.4 Å². The number of fused-ring (bicyclic) bond motifs is 1. The summed E-state index contributed by atoms with van der Waals surface area (Å²) in [5.74, 6) is -1.04. The highest BCUT2D eigenvalue weighted by Crippen LogP contribution is 2.30. The fourth-order valence-electron chi connectivity index (χ4n) is 3.47. The van der Waals surface area contributed by atoms with E-state index in [-0.39, 0.29) is 23.3 Å². The Kier molecular flexibility index (Phi) is 4.57. The molecular formula is C21H19N3O4. The normalized spacial score (nSPS) is 16.3. The van der Waals surface area contributed by atoms with Gasteiger partial charge in [0.1, 0.15) is 6.04 Å². The number of nitrogens with one attached hydrogen (secondary N) is 1. The minimum absolute atomic E-state index is 0.214. The lowest BCUT2D eigenvalue weighted by atomic mass is 10.1. The molecule has 2 aromatic carbocycles. The second-order valence-corrected chi connectivity index (χ2v) is 6.77. The summed E-state index contributed by atoms with van der Waals surface area (Å²) in [4.78, 5) is 31.4. The molecule has 1 fully saturated rings. The molecule has 7 nitrogen and oxygen atoms in total. The summed E-state index contributed by atoms with van der Waals surface area (Å²) in [6.45, 7) is 0.491. The topological polar surface area (TPSA) is 103 Å². The number of likely N-dealkylation sites (tertiary alicyclic amines) is 1. The number of phenolic OH excluding ortho intramolecular Hbond substituents is 2. The average Bonchev–Trinajstić information content (AvgIpc) is 3.19. The third-order valence-electron chi connectivity index (χ3n) is 4.88. The van der Waals surface area contributed by atoms with E-state index in [2.05, 4.69) is 10.3 Å². The fourth-order valence-corrected chi connectivity index (χ4v) is 3.47. The molecule has 0 saturated carbocycles. The predicted octanol–water partition coefficient (Wildman–Crippen LogP) is 2.89. The lowest BCUT2D eigenvalue weighted by Crippen LogP contribution is -2.43. The van der Waals surface area contributed by atoms with E-state index in [0.29, 0.717) is 35.1 Å². The van der Waals surface area contributed by atoms with Crippen LogP contribution in [0.15, 0.2) is 54.7 Å². The number of para-hydroxylation sites is 1. The van der Waals surface area contributed by atoms with Gasteiger partial charge in [0.05, 0.1) is 11.1 Å². The number of nitrogens with zero attached hydrogens (tertiary/aromatic N) is 2. The Bertz CT molecular complexity index is 1050. The minimum atomic E-state index is -0.545. The van der Waals surface area contributed by atoms with Gasteiger partial charge in [-0.1, -0.05) is 18.2 Å². The van der Waals surface area contributed by atoms with E-state index in [4.69, 9.17) is 0 Å². The molecule has 142 valence electrons. The van der Waals surface area contributed by atoms with Crippen LogP contribution in [0, 0.1) is 0 Å². The number of anilines is 1. The first-order chi connectivity index (χ1) is 13.5. The highest BCUT2D eigenvalue weighted by atomic mass is 16.3. The largest absolute Gasteiger partial charge is 0.504 e. The van der Waals surface area contributed by atoms with Crippen LogP contribution >= 0.6 is 0 Å². The zero-order valence-electron chi connectivity index (χ0n) is 15.0. The number of benzene rings is 2. The first-order valence-corrected chi connectivity index (χ1v) is 9.01. The SMILES string of the molecule is O=C(Nc1ccccc1)[C@@H]1CCCN1C(=O)c1cnc2cc(O)c(O)cc2c1. The van der Waals surface area contributed by atoms with Gasteiger partial charge < -0.3 is 20.4 Å². The van der Waals surface area contributed by atoms with Crippen molar-refractivity contribution < 1.29 is 19.8 Å². The third kappa shape index (κ3) is 3.34. The monoisotopic (exact) mass is 377 g/mol. The van der Waals surface area contributed by atoms with Crippen molar-refractivity contribution in [3.8, 4) is 11.5 Å². The van der Waals surface area contributed by atoms with Gasteiger partial charge in [0.15, 0.2) is 11.5 Å². The number of aromatic hydroxyl groups is 2. The zero-order valence-corrected chi connectivity index (χ0v) is 15.0. The van der Waals surface area contributed by atoms with Crippen molar-refractivity contribution in [1.29, 1.82) is 0 Å². The van der Waals surface area contributed by atoms with Crippen LogP contribution in [0.25, 0.3) is 10.9 Å². The Morgan fingerprint density at radius 3 is 2.61 bits per heavy atom. The van der Waals surface area contributed by atoms with Crippen LogP contribution in [-0.4, -0.2) is 44.5 Å². The second-order valence-electron chi connectivity index (χ2n) is 6.77. The summed E-state index contributed by atoms with van der Waals surface area (Å²) < 4.78 is 0. The molecule has 1 aromatic heterocycles. The fraction of sp³-hybridized carbons (Fsp3) is 0.190. The van der Waals surface area contributed by atoms with Crippen LogP contribution < -0.4 is 5.32 Å². The molecule has 0 unspecified atom stereocenters. The molecule has 1 saturated heterocycles. The number of amides is 2. The Labute approximate surface area is 161 Å². The van der Waals surface area contributed by atoms with Gasteiger partial charge in [0.25, 0.3) is 5.91 Å². The van der Waals surface area contributed by atoms with E-state index >= 15 is 0 Å². The maximum atomic E-state index is 13.0. The van der Waals surface area contributed by atoms with Crippen molar-refractivity contribution in [3.05, 3.63) is 60.3 Å². The maximum Gasteiger partial charge on any atom is 0.256 e. The number of hydrogen-bond acceptors (Lipinski definition) is 5. The van der Waals surface area contributed by atoms with Gasteiger partial charge in [-0.3, -0.25) is 14.6 Å². The van der Waals surface area contributed by atoms with Crippen LogP contribution in [0.1, 0.15) is 23.2 Å². The number of aromatic nitrogens is 1. The molecule has 3 aromatic rings. The highest BCUT2D eigenvalue weighted by molar-refractivity contribution is 6.02. The lowest BCUT2D eigenvalue weighted by Gasteiger charge is -2.24. The van der Waals surface area contributed by atoms with E-state index in [0.717, 1.165) is 6.42 Å². The Balaban J connectivity index is 1.57. The summed E-state index contributed by atoms with van der Waals surface area (Å²) in [6.07, 6.45) is 2.76. The summed E-state index contributed by atoms with van der Waals surface area (Å²) >= 11 is 0. The molecule has 3 N–H and O–H groups in total. The standard InChI is InChI=1S/C21H19N3O4/c25-18-10-13-9-14(12-22-16(13)11-19(18)26)21(28)24-8-4-7-17(24)20(27)23-15-5-2-1-3-6-15/h1-3,5-6,9-12,17,25-26H,4,7-8H2,(H,23,27)/t17-/m0/s1. The number of carbonyl (C=O) groups excluding carboxylic acids is 2. The quantitative estimate of drug-likeness (QED) is 0.609. The molecule has 0 aliphatic carbocycles. The summed E-state index contributed by atoms with van der Waals surface area (Å²) in [5.41, 5.74) is 1.48. The van der Waals surface area contributed by atoms with E-state index in [1.54, 1.807) is 23.1 Å². The van der Waals surface area contributed by atoms with Crippen molar-refractivity contribution in [2.45, 2.75) is 18.9 Å². The summed E-state index contributed by atoms with van der Waals surface area (Å²) in [7, 11) is 0. The maximum absolute atomic E-state index is 13.0. The predicted molar refractivity (Wildman–Crippen MR) is 104 cm³/mol. The first-order valence-electron chi connectivity index (χ1n) is 9.01. The smallest absolute Gasteiger partial charge is 0.256 e. The van der Waals surface area contributed by atoms with Crippen molar-refractivity contribution in [2.75, 3.05) is 11.9 Å². The van der Waals surface area contributed by atoms with Crippen molar-refractivity contribution in [3.63, 3.8) is 0 Å². The number of carbonyl (C=O) groups is 2. The Hall–Kier alpha value is -3.61. The number of hydrogen-bond donors (Lipinski definition) is 3. The molecule has 2 amide bonds. The lowest BCUT2D eigenvalue weighted by molar-refractivity contribution is -0.119. The van der Waals surface area contributed by atoms with Crippen LogP contribution in [0.2, 0.25) is 0 Å². The molecule has 28 heavy (non-hydrogen) atoms. The molecule has 0 radical (unpaired) electrons. The molecule has 1 aliphatic heterocycles. The Morgan fingerprint density at radius 1 is 1.07 bits per heavy atom. The molecule has 4 rings (SSSR count). The molecule has 1 atom stereocenters. The number of rotatable bonds is 3. The molecule has 0 bridgehead atoms.